The summed E-state index contributed by atoms with van der Waals surface area (Å²) in [7, 11) is 0. The van der Waals surface area contributed by atoms with Gasteiger partial charge in [-0.1, -0.05) is 33.8 Å². The summed E-state index contributed by atoms with van der Waals surface area (Å²) in [6.45, 7) is 12.7. The third-order valence-electron chi connectivity index (χ3n) is 3.21. The van der Waals surface area contributed by atoms with Gasteiger partial charge in [0.2, 0.25) is 0 Å². The molecule has 0 aromatic carbocycles. The molecule has 1 unspecified atom stereocenters. The van der Waals surface area contributed by atoms with Crippen molar-refractivity contribution in [2.24, 2.45) is 5.41 Å². The third-order valence-corrected chi connectivity index (χ3v) is 3.21. The summed E-state index contributed by atoms with van der Waals surface area (Å²) in [4.78, 5) is 6.74. The molecular formula is C15H26N2O. The first-order valence-electron chi connectivity index (χ1n) is 6.66. The summed E-state index contributed by atoms with van der Waals surface area (Å²) >= 11 is 0. The molecule has 1 N–H and O–H groups in total. The molecule has 18 heavy (non-hydrogen) atoms. The molecule has 1 heterocycles. The van der Waals surface area contributed by atoms with Crippen LogP contribution in [0.1, 0.15) is 39.1 Å². The van der Waals surface area contributed by atoms with Crippen LogP contribution in [-0.2, 0) is 6.54 Å². The Morgan fingerprint density at radius 1 is 1.33 bits per heavy atom. The zero-order valence-electron chi connectivity index (χ0n) is 12.3. The van der Waals surface area contributed by atoms with Gasteiger partial charge in [-0.05, 0) is 31.0 Å². The van der Waals surface area contributed by atoms with Gasteiger partial charge >= 0.3 is 0 Å². The largest absolute Gasteiger partial charge is 0.391 e. The van der Waals surface area contributed by atoms with E-state index in [0.29, 0.717) is 6.54 Å². The number of aromatic nitrogens is 1. The Morgan fingerprint density at radius 3 is 2.50 bits per heavy atom. The highest BCUT2D eigenvalue weighted by Crippen LogP contribution is 2.20. The number of rotatable bonds is 5. The zero-order valence-corrected chi connectivity index (χ0v) is 12.3. The van der Waals surface area contributed by atoms with Gasteiger partial charge in [-0.2, -0.15) is 0 Å². The second-order valence-corrected chi connectivity index (χ2v) is 5.98. The molecule has 0 saturated heterocycles. The quantitative estimate of drug-likeness (QED) is 0.872. The van der Waals surface area contributed by atoms with E-state index in [0.717, 1.165) is 24.5 Å². The molecule has 1 aromatic rings. The fourth-order valence-electron chi connectivity index (χ4n) is 1.74. The van der Waals surface area contributed by atoms with E-state index in [1.165, 1.54) is 0 Å². The molecule has 1 aromatic heterocycles. The Kier molecular flexibility index (Phi) is 5.29. The molecule has 0 bridgehead atoms. The summed E-state index contributed by atoms with van der Waals surface area (Å²) in [6.07, 6.45) is -0.317. The molecule has 0 aliphatic carbocycles. The highest BCUT2D eigenvalue weighted by molar-refractivity contribution is 5.09. The van der Waals surface area contributed by atoms with E-state index in [2.05, 4.69) is 37.6 Å². The van der Waals surface area contributed by atoms with Crippen LogP contribution in [-0.4, -0.2) is 34.2 Å². The highest BCUT2D eigenvalue weighted by Gasteiger charge is 2.24. The lowest BCUT2D eigenvalue weighted by Gasteiger charge is -2.31. The van der Waals surface area contributed by atoms with E-state index in [1.54, 1.807) is 0 Å². The van der Waals surface area contributed by atoms with Gasteiger partial charge in [0, 0.05) is 18.8 Å². The normalized spacial score (nSPS) is 13.9. The maximum absolute atomic E-state index is 10.2. The van der Waals surface area contributed by atoms with Crippen molar-refractivity contribution < 1.29 is 5.11 Å². The lowest BCUT2D eigenvalue weighted by Crippen LogP contribution is -2.39. The number of aryl methyl sites for hydroxylation is 1. The topological polar surface area (TPSA) is 36.4 Å². The number of hydrogen-bond donors (Lipinski definition) is 1. The molecule has 3 nitrogen and oxygen atoms in total. The maximum Gasteiger partial charge on any atom is 0.0715 e. The fourth-order valence-corrected chi connectivity index (χ4v) is 1.74. The lowest BCUT2D eigenvalue weighted by atomic mass is 9.89. The van der Waals surface area contributed by atoms with Gasteiger partial charge in [-0.15, -0.1) is 0 Å². The van der Waals surface area contributed by atoms with Crippen molar-refractivity contribution in [3.63, 3.8) is 0 Å². The molecule has 102 valence electrons. The lowest BCUT2D eigenvalue weighted by molar-refractivity contribution is 0.0273. The van der Waals surface area contributed by atoms with Crippen molar-refractivity contribution >= 4 is 0 Å². The van der Waals surface area contributed by atoms with Gasteiger partial charge < -0.3 is 5.11 Å². The van der Waals surface area contributed by atoms with E-state index in [-0.39, 0.29) is 11.5 Å². The Balaban J connectivity index is 2.63. The molecular weight excluding hydrogens is 224 g/mol. The van der Waals surface area contributed by atoms with E-state index in [1.807, 2.05) is 25.1 Å². The molecule has 1 atom stereocenters. The summed E-state index contributed by atoms with van der Waals surface area (Å²) in [6, 6.07) is 6.08. The zero-order chi connectivity index (χ0) is 13.8. The Bertz CT molecular complexity index is 371. The first-order valence-corrected chi connectivity index (χ1v) is 6.66. The Morgan fingerprint density at radius 2 is 2.00 bits per heavy atom. The molecule has 0 fully saturated rings. The average Bonchev–Trinajstić information content (AvgIpc) is 2.26. The Labute approximate surface area is 111 Å². The second kappa shape index (κ2) is 6.30. The van der Waals surface area contributed by atoms with Gasteiger partial charge in [0.05, 0.1) is 11.8 Å². The molecule has 0 aliphatic heterocycles. The van der Waals surface area contributed by atoms with E-state index in [4.69, 9.17) is 0 Å². The van der Waals surface area contributed by atoms with Crippen LogP contribution in [0.5, 0.6) is 0 Å². The first kappa shape index (κ1) is 15.1. The van der Waals surface area contributed by atoms with Crippen LogP contribution < -0.4 is 0 Å². The van der Waals surface area contributed by atoms with Gasteiger partial charge in [0.15, 0.2) is 0 Å². The Hall–Kier alpha value is -0.930. The average molecular weight is 250 g/mol. The van der Waals surface area contributed by atoms with Crippen molar-refractivity contribution in [1.29, 1.82) is 0 Å². The van der Waals surface area contributed by atoms with Gasteiger partial charge in [-0.3, -0.25) is 9.88 Å². The van der Waals surface area contributed by atoms with Gasteiger partial charge in [0.25, 0.3) is 0 Å². The molecule has 0 amide bonds. The van der Waals surface area contributed by atoms with Gasteiger partial charge in [0.1, 0.15) is 0 Å². The number of nitrogens with zero attached hydrogens (tertiary/aromatic N) is 2. The van der Waals surface area contributed by atoms with Crippen molar-refractivity contribution in [3.8, 4) is 0 Å². The number of aliphatic hydroxyl groups excluding tert-OH is 1. The summed E-state index contributed by atoms with van der Waals surface area (Å²) < 4.78 is 0. The first-order chi connectivity index (χ1) is 8.32. The number of aliphatic hydroxyl groups is 1. The summed E-state index contributed by atoms with van der Waals surface area (Å²) in [5.41, 5.74) is 2.03. The third kappa shape index (κ3) is 4.75. The molecule has 0 saturated carbocycles. The minimum Gasteiger partial charge on any atom is -0.391 e. The monoisotopic (exact) mass is 250 g/mol. The van der Waals surface area contributed by atoms with Crippen LogP contribution in [0, 0.1) is 12.3 Å². The molecule has 0 spiro atoms. The number of hydrogen-bond acceptors (Lipinski definition) is 3. The molecule has 0 aliphatic rings. The van der Waals surface area contributed by atoms with Crippen LogP contribution >= 0.6 is 0 Å². The summed E-state index contributed by atoms with van der Waals surface area (Å²) in [5, 5.41) is 10.2. The minimum absolute atomic E-state index is 0.0759. The fraction of sp³-hybridized carbons (Fsp3) is 0.667. The minimum atomic E-state index is -0.317. The van der Waals surface area contributed by atoms with Crippen LogP contribution in [0.2, 0.25) is 0 Å². The van der Waals surface area contributed by atoms with Crippen molar-refractivity contribution in [3.05, 3.63) is 29.6 Å². The smallest absolute Gasteiger partial charge is 0.0715 e. The van der Waals surface area contributed by atoms with E-state index >= 15 is 0 Å². The standard InChI is InChI=1S/C15H26N2O/c1-6-17(11-14(18)15(3,4)5)10-13-9-7-8-12(2)16-13/h7-9,14,18H,6,10-11H2,1-5H3. The van der Waals surface area contributed by atoms with Crippen molar-refractivity contribution in [2.45, 2.75) is 47.3 Å². The maximum atomic E-state index is 10.2. The predicted molar refractivity (Wildman–Crippen MR) is 75.4 cm³/mol. The predicted octanol–water partition coefficient (Wildman–Crippen LogP) is 2.62. The molecule has 1 rings (SSSR count). The SMILES string of the molecule is CCN(Cc1cccc(C)n1)CC(O)C(C)(C)C. The van der Waals surface area contributed by atoms with Crippen LogP contribution in [0.15, 0.2) is 18.2 Å². The second-order valence-electron chi connectivity index (χ2n) is 5.98. The number of likely N-dealkylation sites (N-methyl/N-ethyl adjacent to an activating group) is 1. The van der Waals surface area contributed by atoms with Crippen molar-refractivity contribution in [2.75, 3.05) is 13.1 Å². The van der Waals surface area contributed by atoms with Crippen molar-refractivity contribution in [1.82, 2.24) is 9.88 Å². The van der Waals surface area contributed by atoms with Crippen LogP contribution in [0.4, 0.5) is 0 Å². The molecule has 3 heteroatoms. The molecule has 0 radical (unpaired) electrons. The summed E-state index contributed by atoms with van der Waals surface area (Å²) in [5.74, 6) is 0. The van der Waals surface area contributed by atoms with E-state index in [9.17, 15) is 5.11 Å². The number of pyridine rings is 1. The van der Waals surface area contributed by atoms with Crippen LogP contribution in [0.3, 0.4) is 0 Å². The van der Waals surface area contributed by atoms with E-state index < -0.39 is 0 Å². The highest BCUT2D eigenvalue weighted by atomic mass is 16.3. The van der Waals surface area contributed by atoms with Gasteiger partial charge in [-0.25, -0.2) is 0 Å². The van der Waals surface area contributed by atoms with Crippen LogP contribution in [0.25, 0.3) is 0 Å².